The van der Waals surface area contributed by atoms with Crippen molar-refractivity contribution in [1.29, 1.82) is 0 Å². The van der Waals surface area contributed by atoms with Gasteiger partial charge in [0.1, 0.15) is 5.84 Å². The molecule has 0 aliphatic heterocycles. The summed E-state index contributed by atoms with van der Waals surface area (Å²) in [6.45, 7) is 0.304. The number of nitrogens with two attached hydrogens (primary N) is 1. The number of nitrogen functional groups attached to an aromatic ring is 1. The van der Waals surface area contributed by atoms with E-state index in [2.05, 4.69) is 10.3 Å². The van der Waals surface area contributed by atoms with Crippen molar-refractivity contribution in [3.8, 4) is 0 Å². The van der Waals surface area contributed by atoms with E-state index in [9.17, 15) is 10.1 Å². The second kappa shape index (κ2) is 6.51. The third-order valence-electron chi connectivity index (χ3n) is 3.07. The first-order valence-corrected chi connectivity index (χ1v) is 6.41. The van der Waals surface area contributed by atoms with Gasteiger partial charge in [-0.2, -0.15) is 0 Å². The van der Waals surface area contributed by atoms with Crippen molar-refractivity contribution < 1.29 is 4.92 Å². The van der Waals surface area contributed by atoms with Crippen LogP contribution >= 0.6 is 0 Å². The number of nitro benzene ring substituents is 1. The smallest absolute Gasteiger partial charge is 0.274 e. The lowest BCUT2D eigenvalue weighted by atomic mass is 10.1. The van der Waals surface area contributed by atoms with Crippen molar-refractivity contribution in [2.45, 2.75) is 6.54 Å². The zero-order valence-corrected chi connectivity index (χ0v) is 11.6. The summed E-state index contributed by atoms with van der Waals surface area (Å²) in [6.07, 6.45) is 0. The minimum Gasteiger partial charge on any atom is -0.398 e. The highest BCUT2D eigenvalue weighted by Gasteiger charge is 2.13. The van der Waals surface area contributed by atoms with E-state index >= 15 is 0 Å². The Bertz CT molecular complexity index is 683. The van der Waals surface area contributed by atoms with Crippen LogP contribution < -0.4 is 11.1 Å². The first-order valence-electron chi connectivity index (χ1n) is 6.41. The number of amidine groups is 1. The Balaban J connectivity index is 2.19. The van der Waals surface area contributed by atoms with Crippen LogP contribution in [0.1, 0.15) is 11.1 Å². The molecule has 21 heavy (non-hydrogen) atoms. The van der Waals surface area contributed by atoms with Gasteiger partial charge in [0, 0.05) is 36.5 Å². The molecule has 2 aromatic rings. The van der Waals surface area contributed by atoms with E-state index in [0.717, 1.165) is 5.56 Å². The van der Waals surface area contributed by atoms with Crippen LogP contribution in [-0.4, -0.2) is 17.8 Å². The van der Waals surface area contributed by atoms with E-state index in [1.54, 1.807) is 31.3 Å². The molecule has 0 atom stereocenters. The summed E-state index contributed by atoms with van der Waals surface area (Å²) < 4.78 is 0. The molecule has 6 nitrogen and oxygen atoms in total. The van der Waals surface area contributed by atoms with Gasteiger partial charge in [-0.15, -0.1) is 0 Å². The van der Waals surface area contributed by atoms with Crippen LogP contribution in [0.25, 0.3) is 0 Å². The van der Waals surface area contributed by atoms with Crippen LogP contribution in [0.4, 0.5) is 11.4 Å². The number of nitrogens with one attached hydrogen (secondary N) is 1. The molecule has 0 aromatic heterocycles. The van der Waals surface area contributed by atoms with Crippen molar-refractivity contribution in [3.63, 3.8) is 0 Å². The Labute approximate surface area is 122 Å². The highest BCUT2D eigenvalue weighted by molar-refractivity contribution is 6.02. The fourth-order valence-electron chi connectivity index (χ4n) is 2.02. The summed E-state index contributed by atoms with van der Waals surface area (Å²) in [5, 5.41) is 14.1. The molecule has 6 heteroatoms. The third kappa shape index (κ3) is 3.36. The van der Waals surface area contributed by atoms with Gasteiger partial charge in [-0.1, -0.05) is 30.3 Å². The molecule has 2 aromatic carbocycles. The molecule has 3 N–H and O–H groups in total. The molecule has 0 fully saturated rings. The lowest BCUT2D eigenvalue weighted by molar-refractivity contribution is -0.385. The average Bonchev–Trinajstić information content (AvgIpc) is 2.49. The Hall–Kier alpha value is -2.89. The SMILES string of the molecule is CN=C(NCc1ccccc1[N+](=O)[O-])c1ccccc1N. The van der Waals surface area contributed by atoms with E-state index in [1.807, 2.05) is 18.2 Å². The molecule has 0 aliphatic carbocycles. The Kier molecular flexibility index (Phi) is 4.50. The van der Waals surface area contributed by atoms with Gasteiger partial charge in [0.05, 0.1) is 4.92 Å². The number of hydrogen-bond donors (Lipinski definition) is 2. The van der Waals surface area contributed by atoms with Gasteiger partial charge in [-0.25, -0.2) is 0 Å². The summed E-state index contributed by atoms with van der Waals surface area (Å²) in [6, 6.07) is 14.0. The molecule has 0 saturated heterocycles. The highest BCUT2D eigenvalue weighted by Crippen LogP contribution is 2.18. The molecule has 0 unspecified atom stereocenters. The number of hydrogen-bond acceptors (Lipinski definition) is 4. The van der Waals surface area contributed by atoms with Gasteiger partial charge in [-0.05, 0) is 12.1 Å². The molecular formula is C15H16N4O2. The normalized spacial score (nSPS) is 11.2. The lowest BCUT2D eigenvalue weighted by Crippen LogP contribution is -2.25. The van der Waals surface area contributed by atoms with Crippen LogP contribution in [0.5, 0.6) is 0 Å². The highest BCUT2D eigenvalue weighted by atomic mass is 16.6. The molecule has 0 amide bonds. The van der Waals surface area contributed by atoms with E-state index in [4.69, 9.17) is 5.73 Å². The fraction of sp³-hybridized carbons (Fsp3) is 0.133. The molecule has 0 heterocycles. The van der Waals surface area contributed by atoms with Crippen LogP contribution in [0.2, 0.25) is 0 Å². The van der Waals surface area contributed by atoms with Crippen molar-refractivity contribution >= 4 is 17.2 Å². The van der Waals surface area contributed by atoms with Gasteiger partial charge in [0.25, 0.3) is 5.69 Å². The number of aliphatic imine (C=N–C) groups is 1. The van der Waals surface area contributed by atoms with Crippen LogP contribution in [0.3, 0.4) is 0 Å². The predicted molar refractivity (Wildman–Crippen MR) is 83.3 cm³/mol. The summed E-state index contributed by atoms with van der Waals surface area (Å²) in [4.78, 5) is 14.8. The molecule has 2 rings (SSSR count). The maximum absolute atomic E-state index is 11.0. The number of rotatable bonds is 4. The molecular weight excluding hydrogens is 268 g/mol. The largest absolute Gasteiger partial charge is 0.398 e. The van der Waals surface area contributed by atoms with Crippen LogP contribution in [-0.2, 0) is 6.54 Å². The zero-order valence-electron chi connectivity index (χ0n) is 11.6. The standard InChI is InChI=1S/C15H16N4O2/c1-17-15(12-7-3-4-8-13(12)16)18-10-11-6-2-5-9-14(11)19(20)21/h2-9H,10,16H2,1H3,(H,17,18). The van der Waals surface area contributed by atoms with Crippen molar-refractivity contribution in [3.05, 3.63) is 69.8 Å². The maximum atomic E-state index is 11.0. The predicted octanol–water partition coefficient (Wildman–Crippen LogP) is 2.34. The quantitative estimate of drug-likeness (QED) is 0.296. The molecule has 0 radical (unpaired) electrons. The number of anilines is 1. The first kappa shape index (κ1) is 14.5. The van der Waals surface area contributed by atoms with E-state index in [0.29, 0.717) is 23.6 Å². The van der Waals surface area contributed by atoms with Crippen LogP contribution in [0, 0.1) is 10.1 Å². The van der Waals surface area contributed by atoms with Gasteiger partial charge < -0.3 is 11.1 Å². The van der Waals surface area contributed by atoms with Crippen molar-refractivity contribution in [2.75, 3.05) is 12.8 Å². The summed E-state index contributed by atoms with van der Waals surface area (Å²) >= 11 is 0. The van der Waals surface area contributed by atoms with E-state index < -0.39 is 4.92 Å². The van der Waals surface area contributed by atoms with E-state index in [-0.39, 0.29) is 5.69 Å². The topological polar surface area (TPSA) is 93.5 Å². The minimum atomic E-state index is -0.392. The number of nitro groups is 1. The van der Waals surface area contributed by atoms with E-state index in [1.165, 1.54) is 6.07 Å². The van der Waals surface area contributed by atoms with Gasteiger partial charge in [0.2, 0.25) is 0 Å². The first-order chi connectivity index (χ1) is 10.1. The fourth-order valence-corrected chi connectivity index (χ4v) is 2.02. The Morgan fingerprint density at radius 3 is 2.57 bits per heavy atom. The summed E-state index contributed by atoms with van der Waals surface area (Å²) in [5.74, 6) is 0.603. The molecule has 0 saturated carbocycles. The van der Waals surface area contributed by atoms with Gasteiger partial charge >= 0.3 is 0 Å². The molecule has 108 valence electrons. The van der Waals surface area contributed by atoms with Crippen LogP contribution in [0.15, 0.2) is 53.5 Å². The monoisotopic (exact) mass is 284 g/mol. The summed E-state index contributed by atoms with van der Waals surface area (Å²) in [7, 11) is 1.65. The Morgan fingerprint density at radius 2 is 1.90 bits per heavy atom. The lowest BCUT2D eigenvalue weighted by Gasteiger charge is -2.11. The molecule has 0 aliphatic rings. The molecule has 0 spiro atoms. The Morgan fingerprint density at radius 1 is 1.24 bits per heavy atom. The minimum absolute atomic E-state index is 0.0847. The van der Waals surface area contributed by atoms with Gasteiger partial charge in [-0.3, -0.25) is 15.1 Å². The molecule has 0 bridgehead atoms. The number of para-hydroxylation sites is 2. The zero-order chi connectivity index (χ0) is 15.2. The second-order valence-electron chi connectivity index (χ2n) is 4.40. The second-order valence-corrected chi connectivity index (χ2v) is 4.40. The average molecular weight is 284 g/mol. The van der Waals surface area contributed by atoms with Gasteiger partial charge in [0.15, 0.2) is 0 Å². The summed E-state index contributed by atoms with van der Waals surface area (Å²) in [5.41, 5.74) is 7.98. The number of nitrogens with zero attached hydrogens (tertiary/aromatic N) is 2. The van der Waals surface area contributed by atoms with Crippen molar-refractivity contribution in [2.24, 2.45) is 4.99 Å². The number of benzene rings is 2. The third-order valence-corrected chi connectivity index (χ3v) is 3.07. The maximum Gasteiger partial charge on any atom is 0.274 e. The van der Waals surface area contributed by atoms with Crippen molar-refractivity contribution in [1.82, 2.24) is 5.32 Å².